The Bertz CT molecular complexity index is 1420. The molecule has 0 aliphatic heterocycles. The highest BCUT2D eigenvalue weighted by atomic mass is 32.2. The summed E-state index contributed by atoms with van der Waals surface area (Å²) in [6, 6.07) is 16.8. The Hall–Kier alpha value is -3.86. The number of carbonyl (C=O) groups excluding carboxylic acids is 1. The topological polar surface area (TPSA) is 104 Å². The number of sulfonamides is 1. The molecule has 0 aliphatic carbocycles. The van der Waals surface area contributed by atoms with Crippen LogP contribution in [-0.4, -0.2) is 24.3 Å². The van der Waals surface area contributed by atoms with Crippen LogP contribution in [0.3, 0.4) is 0 Å². The Kier molecular flexibility index (Phi) is 6.29. The molecule has 34 heavy (non-hydrogen) atoms. The molecule has 0 unspecified atom stereocenters. The summed E-state index contributed by atoms with van der Waals surface area (Å²) in [6.45, 7) is 0. The van der Waals surface area contributed by atoms with Gasteiger partial charge in [0.15, 0.2) is 0 Å². The highest BCUT2D eigenvalue weighted by Gasteiger charge is 2.30. The second-order valence-corrected chi connectivity index (χ2v) is 9.14. The van der Waals surface area contributed by atoms with E-state index in [0.717, 1.165) is 23.2 Å². The van der Waals surface area contributed by atoms with E-state index < -0.39 is 21.8 Å². The van der Waals surface area contributed by atoms with Crippen LogP contribution in [0.2, 0.25) is 0 Å². The van der Waals surface area contributed by atoms with Crippen LogP contribution >= 0.6 is 0 Å². The summed E-state index contributed by atoms with van der Waals surface area (Å²) in [5.74, 6) is 0.304. The van der Waals surface area contributed by atoms with Gasteiger partial charge in [-0.3, -0.25) is 9.52 Å². The van der Waals surface area contributed by atoms with Crippen molar-refractivity contribution in [2.45, 2.75) is 23.9 Å². The van der Waals surface area contributed by atoms with Crippen LogP contribution in [0.5, 0.6) is 0 Å². The Morgan fingerprint density at radius 1 is 0.941 bits per heavy atom. The lowest BCUT2D eigenvalue weighted by molar-refractivity contribution is -0.137. The number of halogens is 3. The molecule has 0 fully saturated rings. The quantitative estimate of drug-likeness (QED) is 0.342. The number of carbonyl (C=O) groups is 1. The Morgan fingerprint density at radius 3 is 2.44 bits per heavy atom. The molecular formula is C23H19F3N4O3S. The van der Waals surface area contributed by atoms with Crippen LogP contribution in [0.1, 0.15) is 17.8 Å². The highest BCUT2D eigenvalue weighted by molar-refractivity contribution is 7.92. The maximum absolute atomic E-state index is 12.9. The second-order valence-electron chi connectivity index (χ2n) is 7.46. The monoisotopic (exact) mass is 488 g/mol. The number of rotatable bonds is 7. The van der Waals surface area contributed by atoms with E-state index in [1.54, 1.807) is 0 Å². The van der Waals surface area contributed by atoms with Crippen LogP contribution in [-0.2, 0) is 27.4 Å². The maximum Gasteiger partial charge on any atom is 0.416 e. The normalized spacial score (nSPS) is 12.0. The van der Waals surface area contributed by atoms with Gasteiger partial charge in [-0.2, -0.15) is 13.2 Å². The molecule has 0 aliphatic rings. The van der Waals surface area contributed by atoms with Gasteiger partial charge in [0.05, 0.1) is 21.5 Å². The van der Waals surface area contributed by atoms with Crippen molar-refractivity contribution in [3.8, 4) is 0 Å². The van der Waals surface area contributed by atoms with Gasteiger partial charge in [0.25, 0.3) is 10.0 Å². The first-order chi connectivity index (χ1) is 16.1. The van der Waals surface area contributed by atoms with E-state index >= 15 is 0 Å². The van der Waals surface area contributed by atoms with Gasteiger partial charge < -0.3 is 10.3 Å². The zero-order chi connectivity index (χ0) is 24.3. The molecule has 0 bridgehead atoms. The number of aromatic amines is 1. The minimum atomic E-state index is -4.60. The predicted molar refractivity (Wildman–Crippen MR) is 122 cm³/mol. The number of amides is 1. The number of hydrogen-bond donors (Lipinski definition) is 3. The fourth-order valence-corrected chi connectivity index (χ4v) is 4.39. The molecule has 3 aromatic carbocycles. The van der Waals surface area contributed by atoms with Crippen molar-refractivity contribution in [3.05, 3.63) is 84.2 Å². The van der Waals surface area contributed by atoms with Crippen molar-refractivity contribution in [2.75, 3.05) is 10.0 Å². The Morgan fingerprint density at radius 2 is 1.68 bits per heavy atom. The summed E-state index contributed by atoms with van der Waals surface area (Å²) in [4.78, 5) is 19.7. The third kappa shape index (κ3) is 5.54. The molecule has 1 aromatic heterocycles. The molecule has 1 heterocycles. The first-order valence-electron chi connectivity index (χ1n) is 10.1. The van der Waals surface area contributed by atoms with Crippen LogP contribution in [0.25, 0.3) is 11.0 Å². The van der Waals surface area contributed by atoms with Gasteiger partial charge >= 0.3 is 6.18 Å². The van der Waals surface area contributed by atoms with E-state index in [1.165, 1.54) is 30.3 Å². The van der Waals surface area contributed by atoms with E-state index in [9.17, 15) is 26.4 Å². The third-order valence-electron chi connectivity index (χ3n) is 4.90. The first-order valence-corrected chi connectivity index (χ1v) is 11.6. The molecule has 4 rings (SSSR count). The molecule has 7 nitrogen and oxygen atoms in total. The first kappa shape index (κ1) is 23.3. The van der Waals surface area contributed by atoms with Crippen molar-refractivity contribution < 1.29 is 26.4 Å². The average Bonchev–Trinajstić information content (AvgIpc) is 3.20. The number of aryl methyl sites for hydroxylation is 1. The molecule has 0 spiro atoms. The number of aromatic nitrogens is 2. The largest absolute Gasteiger partial charge is 0.416 e. The Balaban J connectivity index is 1.42. The van der Waals surface area contributed by atoms with Crippen LogP contribution < -0.4 is 10.0 Å². The van der Waals surface area contributed by atoms with Gasteiger partial charge in [0.1, 0.15) is 5.82 Å². The van der Waals surface area contributed by atoms with Gasteiger partial charge in [0, 0.05) is 24.2 Å². The summed E-state index contributed by atoms with van der Waals surface area (Å²) in [6.07, 6.45) is -4.14. The summed E-state index contributed by atoms with van der Waals surface area (Å²) >= 11 is 0. The molecule has 0 radical (unpaired) electrons. The summed E-state index contributed by atoms with van der Waals surface area (Å²) in [5.41, 5.74) is 0.697. The highest BCUT2D eigenvalue weighted by Crippen LogP contribution is 2.31. The lowest BCUT2D eigenvalue weighted by Crippen LogP contribution is -2.16. The van der Waals surface area contributed by atoms with Crippen LogP contribution in [0.15, 0.2) is 77.7 Å². The number of para-hydroxylation sites is 2. The van der Waals surface area contributed by atoms with E-state index in [-0.39, 0.29) is 28.6 Å². The maximum atomic E-state index is 12.9. The Labute approximate surface area is 193 Å². The summed E-state index contributed by atoms with van der Waals surface area (Å²) in [5, 5.41) is 2.63. The van der Waals surface area contributed by atoms with E-state index in [2.05, 4.69) is 20.0 Å². The number of nitrogens with one attached hydrogen (secondary N) is 3. The van der Waals surface area contributed by atoms with Crippen LogP contribution in [0, 0.1) is 0 Å². The summed E-state index contributed by atoms with van der Waals surface area (Å²) in [7, 11) is -4.19. The SMILES string of the molecule is O=C(CCc1nc2ccccc2[nH]1)Nc1cccc(S(=O)(=O)Nc2cccc(C(F)(F)F)c2)c1. The lowest BCUT2D eigenvalue weighted by atomic mass is 10.2. The number of nitrogens with zero attached hydrogens (tertiary/aromatic N) is 1. The number of benzene rings is 3. The molecular weight excluding hydrogens is 469 g/mol. The van der Waals surface area contributed by atoms with E-state index in [0.29, 0.717) is 18.3 Å². The molecule has 0 atom stereocenters. The predicted octanol–water partition coefficient (Wildman–Crippen LogP) is 4.95. The minimum absolute atomic E-state index is 0.110. The van der Waals surface area contributed by atoms with Crippen molar-refractivity contribution in [1.82, 2.24) is 9.97 Å². The van der Waals surface area contributed by atoms with Gasteiger partial charge in [0.2, 0.25) is 5.91 Å². The molecule has 1 amide bonds. The average molecular weight is 488 g/mol. The number of imidazole rings is 1. The standard InChI is InChI=1S/C23H19F3N4O3S/c24-23(25,26)15-5-3-7-17(13-15)30-34(32,33)18-8-4-6-16(14-18)27-22(31)12-11-21-28-19-9-1-2-10-20(19)29-21/h1-10,13-14,30H,11-12H2,(H,27,31)(H,28,29). The summed E-state index contributed by atoms with van der Waals surface area (Å²) < 4.78 is 66.2. The molecule has 0 saturated carbocycles. The van der Waals surface area contributed by atoms with Crippen molar-refractivity contribution in [3.63, 3.8) is 0 Å². The second kappa shape index (κ2) is 9.18. The van der Waals surface area contributed by atoms with Gasteiger partial charge in [-0.15, -0.1) is 0 Å². The van der Waals surface area contributed by atoms with Crippen LogP contribution in [0.4, 0.5) is 24.5 Å². The van der Waals surface area contributed by atoms with E-state index in [1.807, 2.05) is 24.3 Å². The van der Waals surface area contributed by atoms with Gasteiger partial charge in [-0.05, 0) is 48.5 Å². The smallest absolute Gasteiger partial charge is 0.342 e. The molecule has 3 N–H and O–H groups in total. The number of fused-ring (bicyclic) bond motifs is 1. The molecule has 176 valence electrons. The third-order valence-corrected chi connectivity index (χ3v) is 6.28. The number of H-pyrrole nitrogens is 1. The van der Waals surface area contributed by atoms with Crippen molar-refractivity contribution in [1.29, 1.82) is 0 Å². The molecule has 11 heteroatoms. The zero-order valence-electron chi connectivity index (χ0n) is 17.6. The van der Waals surface area contributed by atoms with Gasteiger partial charge in [-0.25, -0.2) is 13.4 Å². The number of alkyl halides is 3. The van der Waals surface area contributed by atoms with E-state index in [4.69, 9.17) is 0 Å². The lowest BCUT2D eigenvalue weighted by Gasteiger charge is -2.12. The molecule has 4 aromatic rings. The minimum Gasteiger partial charge on any atom is -0.342 e. The zero-order valence-corrected chi connectivity index (χ0v) is 18.4. The number of anilines is 2. The van der Waals surface area contributed by atoms with Gasteiger partial charge in [-0.1, -0.05) is 24.3 Å². The van der Waals surface area contributed by atoms with Crippen molar-refractivity contribution >= 4 is 38.3 Å². The fourth-order valence-electron chi connectivity index (χ4n) is 3.29. The van der Waals surface area contributed by atoms with Crippen molar-refractivity contribution in [2.24, 2.45) is 0 Å². The fraction of sp³-hybridized carbons (Fsp3) is 0.130. The number of hydrogen-bond acceptors (Lipinski definition) is 4. The molecule has 0 saturated heterocycles.